The lowest BCUT2D eigenvalue weighted by Gasteiger charge is -2.10. The lowest BCUT2D eigenvalue weighted by atomic mass is 10.1. The van der Waals surface area contributed by atoms with Crippen molar-refractivity contribution < 1.29 is 23.1 Å². The standard InChI is InChI=1S/C24H21FN2O5/c1-14-21(23(28)26-17-10-18(30-2)12-19(11-17)31-3)22-20(32-14)7-8-27(24(22)29)13-15-5-4-6-16(25)9-15/h4-12H,13H2,1-3H3,(H,26,28). The summed E-state index contributed by atoms with van der Waals surface area (Å²) in [6.45, 7) is 1.78. The number of pyridine rings is 1. The Kier molecular flexibility index (Phi) is 5.68. The van der Waals surface area contributed by atoms with Gasteiger partial charge in [0.25, 0.3) is 11.5 Å². The first kappa shape index (κ1) is 21.2. The van der Waals surface area contributed by atoms with E-state index in [2.05, 4.69) is 5.32 Å². The first-order valence-corrected chi connectivity index (χ1v) is 9.81. The van der Waals surface area contributed by atoms with Gasteiger partial charge in [-0.1, -0.05) is 12.1 Å². The van der Waals surface area contributed by atoms with Gasteiger partial charge in [0.15, 0.2) is 0 Å². The summed E-state index contributed by atoms with van der Waals surface area (Å²) >= 11 is 0. The van der Waals surface area contributed by atoms with E-state index in [1.165, 1.54) is 30.9 Å². The minimum Gasteiger partial charge on any atom is -0.497 e. The van der Waals surface area contributed by atoms with E-state index in [1.54, 1.807) is 49.5 Å². The Labute approximate surface area is 183 Å². The maximum Gasteiger partial charge on any atom is 0.262 e. The number of aromatic nitrogens is 1. The van der Waals surface area contributed by atoms with Gasteiger partial charge in [-0.25, -0.2) is 4.39 Å². The highest BCUT2D eigenvalue weighted by Gasteiger charge is 2.22. The van der Waals surface area contributed by atoms with E-state index in [0.29, 0.717) is 34.1 Å². The molecule has 0 aliphatic rings. The number of anilines is 1. The molecule has 2 heterocycles. The van der Waals surface area contributed by atoms with Crippen molar-refractivity contribution in [2.24, 2.45) is 0 Å². The number of carbonyl (C=O) groups is 1. The molecule has 1 N–H and O–H groups in total. The van der Waals surface area contributed by atoms with Gasteiger partial charge < -0.3 is 23.8 Å². The lowest BCUT2D eigenvalue weighted by Crippen LogP contribution is -2.22. The molecule has 0 bridgehead atoms. The van der Waals surface area contributed by atoms with Crippen LogP contribution in [0.5, 0.6) is 11.5 Å². The van der Waals surface area contributed by atoms with E-state index in [4.69, 9.17) is 13.9 Å². The zero-order valence-corrected chi connectivity index (χ0v) is 17.8. The van der Waals surface area contributed by atoms with Crippen molar-refractivity contribution in [2.45, 2.75) is 13.5 Å². The van der Waals surface area contributed by atoms with Crippen LogP contribution in [0.1, 0.15) is 21.7 Å². The maximum absolute atomic E-state index is 13.5. The molecule has 0 spiro atoms. The fourth-order valence-electron chi connectivity index (χ4n) is 3.57. The van der Waals surface area contributed by atoms with Gasteiger partial charge in [-0.2, -0.15) is 0 Å². The van der Waals surface area contributed by atoms with Crippen LogP contribution < -0.4 is 20.3 Å². The number of methoxy groups -OCH3 is 2. The highest BCUT2D eigenvalue weighted by atomic mass is 19.1. The Morgan fingerprint density at radius 1 is 1.09 bits per heavy atom. The number of nitrogens with one attached hydrogen (secondary N) is 1. The summed E-state index contributed by atoms with van der Waals surface area (Å²) in [5, 5.41) is 2.93. The molecule has 7 nitrogen and oxygen atoms in total. The number of fused-ring (bicyclic) bond motifs is 1. The predicted octanol–water partition coefficient (Wildman–Crippen LogP) is 4.36. The summed E-state index contributed by atoms with van der Waals surface area (Å²) in [4.78, 5) is 26.3. The molecular formula is C24H21FN2O5. The highest BCUT2D eigenvalue weighted by Crippen LogP contribution is 2.28. The monoisotopic (exact) mass is 436 g/mol. The van der Waals surface area contributed by atoms with Crippen LogP contribution in [0.3, 0.4) is 0 Å². The molecule has 0 radical (unpaired) electrons. The van der Waals surface area contributed by atoms with Gasteiger partial charge in [-0.05, 0) is 30.7 Å². The number of rotatable bonds is 6. The smallest absolute Gasteiger partial charge is 0.262 e. The van der Waals surface area contributed by atoms with Crippen molar-refractivity contribution >= 4 is 22.6 Å². The van der Waals surface area contributed by atoms with Gasteiger partial charge in [0, 0.05) is 30.1 Å². The number of carbonyl (C=O) groups excluding carboxylic acids is 1. The molecule has 0 aliphatic carbocycles. The fraction of sp³-hybridized carbons (Fsp3) is 0.167. The van der Waals surface area contributed by atoms with E-state index in [9.17, 15) is 14.0 Å². The van der Waals surface area contributed by atoms with Crippen LogP contribution in [0, 0.1) is 12.7 Å². The number of halogens is 1. The molecule has 0 saturated heterocycles. The van der Waals surface area contributed by atoms with Crippen molar-refractivity contribution in [2.75, 3.05) is 19.5 Å². The first-order chi connectivity index (χ1) is 15.4. The molecule has 0 fully saturated rings. The number of ether oxygens (including phenoxy) is 2. The third kappa shape index (κ3) is 4.07. The Balaban J connectivity index is 1.73. The van der Waals surface area contributed by atoms with Gasteiger partial charge in [0.05, 0.1) is 31.7 Å². The zero-order chi connectivity index (χ0) is 22.8. The van der Waals surface area contributed by atoms with Crippen molar-refractivity contribution in [3.63, 3.8) is 0 Å². The number of hydrogen-bond acceptors (Lipinski definition) is 5. The number of benzene rings is 2. The summed E-state index contributed by atoms with van der Waals surface area (Å²) in [5.41, 5.74) is 1.10. The lowest BCUT2D eigenvalue weighted by molar-refractivity contribution is 0.102. The molecule has 0 saturated carbocycles. The quantitative estimate of drug-likeness (QED) is 0.486. The Morgan fingerprint density at radius 3 is 2.47 bits per heavy atom. The first-order valence-electron chi connectivity index (χ1n) is 9.81. The third-order valence-corrected chi connectivity index (χ3v) is 5.07. The second kappa shape index (κ2) is 8.58. The second-order valence-corrected chi connectivity index (χ2v) is 7.21. The SMILES string of the molecule is COc1cc(NC(=O)c2c(C)oc3ccn(Cc4cccc(F)c4)c(=O)c23)cc(OC)c1. The van der Waals surface area contributed by atoms with Crippen LogP contribution in [-0.2, 0) is 6.54 Å². The van der Waals surface area contributed by atoms with Gasteiger partial charge in [0.1, 0.15) is 28.7 Å². The topological polar surface area (TPSA) is 82.7 Å². The summed E-state index contributed by atoms with van der Waals surface area (Å²) in [5.74, 6) is 0.437. The van der Waals surface area contributed by atoms with Crippen molar-refractivity contribution in [1.29, 1.82) is 0 Å². The second-order valence-electron chi connectivity index (χ2n) is 7.21. The van der Waals surface area contributed by atoms with E-state index in [-0.39, 0.29) is 23.3 Å². The average Bonchev–Trinajstić information content (AvgIpc) is 3.12. The Bertz CT molecular complexity index is 1350. The van der Waals surface area contributed by atoms with Crippen LogP contribution in [-0.4, -0.2) is 24.7 Å². The van der Waals surface area contributed by atoms with E-state index < -0.39 is 11.5 Å². The van der Waals surface area contributed by atoms with Crippen molar-refractivity contribution in [1.82, 2.24) is 4.57 Å². The van der Waals surface area contributed by atoms with Gasteiger partial charge in [0.2, 0.25) is 0 Å². The molecule has 0 atom stereocenters. The summed E-state index contributed by atoms with van der Waals surface area (Å²) < 4.78 is 31.1. The van der Waals surface area contributed by atoms with E-state index in [0.717, 1.165) is 0 Å². The summed E-state index contributed by atoms with van der Waals surface area (Å²) in [6, 6.07) is 12.6. The number of hydrogen-bond donors (Lipinski definition) is 1. The molecule has 1 amide bonds. The minimum absolute atomic E-state index is 0.139. The normalized spacial score (nSPS) is 10.9. The maximum atomic E-state index is 13.5. The highest BCUT2D eigenvalue weighted by molar-refractivity contribution is 6.13. The van der Waals surface area contributed by atoms with Crippen LogP contribution in [0.15, 0.2) is 63.9 Å². The molecule has 32 heavy (non-hydrogen) atoms. The van der Waals surface area contributed by atoms with Crippen molar-refractivity contribution in [3.8, 4) is 11.5 Å². The molecular weight excluding hydrogens is 415 g/mol. The molecule has 0 unspecified atom stereocenters. The third-order valence-electron chi connectivity index (χ3n) is 5.07. The molecule has 164 valence electrons. The van der Waals surface area contributed by atoms with Crippen LogP contribution in [0.2, 0.25) is 0 Å². The van der Waals surface area contributed by atoms with Gasteiger partial charge >= 0.3 is 0 Å². The predicted molar refractivity (Wildman–Crippen MR) is 118 cm³/mol. The van der Waals surface area contributed by atoms with Crippen molar-refractivity contribution in [3.05, 3.63) is 87.8 Å². The van der Waals surface area contributed by atoms with E-state index >= 15 is 0 Å². The fourth-order valence-corrected chi connectivity index (χ4v) is 3.57. The van der Waals surface area contributed by atoms with Crippen LogP contribution >= 0.6 is 0 Å². The van der Waals surface area contributed by atoms with E-state index in [1.807, 2.05) is 0 Å². The largest absolute Gasteiger partial charge is 0.497 e. The Hall–Kier alpha value is -4.07. The molecule has 0 aliphatic heterocycles. The number of nitrogens with zero attached hydrogens (tertiary/aromatic N) is 1. The number of aryl methyl sites for hydroxylation is 1. The number of amides is 1. The molecule has 4 aromatic rings. The van der Waals surface area contributed by atoms with Gasteiger partial charge in [-0.15, -0.1) is 0 Å². The Morgan fingerprint density at radius 2 is 1.81 bits per heavy atom. The van der Waals surface area contributed by atoms with Crippen LogP contribution in [0.4, 0.5) is 10.1 Å². The molecule has 2 aromatic heterocycles. The zero-order valence-electron chi connectivity index (χ0n) is 17.8. The minimum atomic E-state index is -0.503. The number of furan rings is 1. The molecule has 8 heteroatoms. The average molecular weight is 436 g/mol. The van der Waals surface area contributed by atoms with Gasteiger partial charge in [-0.3, -0.25) is 9.59 Å². The molecule has 2 aromatic carbocycles. The summed E-state index contributed by atoms with van der Waals surface area (Å²) in [7, 11) is 3.02. The molecule has 4 rings (SSSR count). The summed E-state index contributed by atoms with van der Waals surface area (Å²) in [6.07, 6.45) is 1.56. The van der Waals surface area contributed by atoms with Crippen LogP contribution in [0.25, 0.3) is 11.0 Å².